The van der Waals surface area contributed by atoms with Gasteiger partial charge in [0.05, 0.1) is 0 Å². The zero-order chi connectivity index (χ0) is 11.0. The minimum atomic E-state index is -3.30. The second-order valence-corrected chi connectivity index (χ2v) is 5.43. The molecule has 0 spiro atoms. The lowest BCUT2D eigenvalue weighted by Gasteiger charge is -2.22. The highest BCUT2D eigenvalue weighted by Crippen LogP contribution is 2.48. The van der Waals surface area contributed by atoms with Crippen LogP contribution in [0.5, 0.6) is 0 Å². The Morgan fingerprint density at radius 1 is 1.21 bits per heavy atom. The van der Waals surface area contributed by atoms with Crippen molar-refractivity contribution in [1.82, 2.24) is 0 Å². The van der Waals surface area contributed by atoms with Crippen molar-refractivity contribution in [2.45, 2.75) is 39.6 Å². The molecule has 0 radical (unpaired) electrons. The summed E-state index contributed by atoms with van der Waals surface area (Å²) in [5.41, 5.74) is 0. The van der Waals surface area contributed by atoms with Crippen LogP contribution in [-0.4, -0.2) is 30.3 Å². The van der Waals surface area contributed by atoms with Gasteiger partial charge in [0.25, 0.3) is 7.37 Å². The number of rotatable bonds is 8. The van der Waals surface area contributed by atoms with Crippen molar-refractivity contribution in [3.63, 3.8) is 0 Å². The van der Waals surface area contributed by atoms with Crippen LogP contribution in [0.4, 0.5) is 0 Å². The van der Waals surface area contributed by atoms with E-state index in [0.29, 0.717) is 13.2 Å². The maximum Gasteiger partial charge on any atom is 0.255 e. The smallest absolute Gasteiger partial charge is 0.255 e. The van der Waals surface area contributed by atoms with Gasteiger partial charge in [-0.1, -0.05) is 13.3 Å². The van der Waals surface area contributed by atoms with Crippen LogP contribution in [0.2, 0.25) is 0 Å². The summed E-state index contributed by atoms with van der Waals surface area (Å²) < 4.78 is 22.0. The Morgan fingerprint density at radius 2 is 1.71 bits per heavy atom. The Kier molecular flexibility index (Phi) is 7.47. The van der Waals surface area contributed by atoms with Gasteiger partial charge in [0.1, 0.15) is 0 Å². The van der Waals surface area contributed by atoms with Crippen LogP contribution < -0.4 is 0 Å². The molecule has 0 bridgehead atoms. The van der Waals surface area contributed by atoms with Gasteiger partial charge >= 0.3 is 0 Å². The maximum atomic E-state index is 11.8. The van der Waals surface area contributed by atoms with Gasteiger partial charge in [0, 0.05) is 19.4 Å². The minimum absolute atomic E-state index is 0.272. The Hall–Kier alpha value is 0.110. The van der Waals surface area contributed by atoms with E-state index >= 15 is 0 Å². The Labute approximate surface area is 86.1 Å². The molecule has 0 heterocycles. The first-order valence-corrected chi connectivity index (χ1v) is 7.04. The van der Waals surface area contributed by atoms with Gasteiger partial charge in [-0.05, 0) is 20.3 Å². The Balaban J connectivity index is 4.21. The average Bonchev–Trinajstić information content (AvgIpc) is 2.14. The van der Waals surface area contributed by atoms with Gasteiger partial charge in [-0.2, -0.15) is 0 Å². The van der Waals surface area contributed by atoms with Gasteiger partial charge in [0.15, 0.2) is 0 Å². The molecule has 4 nitrogen and oxygen atoms in total. The molecule has 14 heavy (non-hydrogen) atoms. The van der Waals surface area contributed by atoms with Crippen LogP contribution in [0.15, 0.2) is 0 Å². The average molecular weight is 224 g/mol. The highest BCUT2D eigenvalue weighted by atomic mass is 31.2. The Morgan fingerprint density at radius 3 is 2.07 bits per heavy atom. The normalized spacial score (nSPS) is 15.8. The molecule has 0 aromatic carbocycles. The van der Waals surface area contributed by atoms with E-state index < -0.39 is 13.4 Å². The highest BCUT2D eigenvalue weighted by Gasteiger charge is 2.31. The van der Waals surface area contributed by atoms with Crippen LogP contribution in [0.25, 0.3) is 0 Å². The zero-order valence-electron chi connectivity index (χ0n) is 9.23. The van der Waals surface area contributed by atoms with Crippen LogP contribution >= 0.6 is 7.37 Å². The van der Waals surface area contributed by atoms with Crippen LogP contribution in [0, 0.1) is 0 Å². The van der Waals surface area contributed by atoms with Crippen molar-refractivity contribution in [3.8, 4) is 0 Å². The summed E-state index contributed by atoms with van der Waals surface area (Å²) in [5.74, 6) is 0. The molecule has 1 unspecified atom stereocenters. The van der Waals surface area contributed by atoms with Crippen molar-refractivity contribution in [2.75, 3.05) is 19.4 Å². The third-order valence-electron chi connectivity index (χ3n) is 1.78. The largest absolute Gasteiger partial charge is 0.345 e. The lowest BCUT2D eigenvalue weighted by Crippen LogP contribution is -2.19. The Bertz CT molecular complexity index is 178. The molecule has 0 fully saturated rings. The number of unbranched alkanes of at least 4 members (excludes halogenated alkanes) is 1. The summed E-state index contributed by atoms with van der Waals surface area (Å²) in [6.45, 7) is 6.33. The first-order valence-electron chi connectivity index (χ1n) is 5.13. The standard InChI is InChI=1S/C9H21O4P/c1-4-7-8-14(10,11)9(12-5-2)13-6-3/h9H,4-8H2,1-3H3,(H,10,11). The summed E-state index contributed by atoms with van der Waals surface area (Å²) in [7, 11) is -3.30. The third-order valence-corrected chi connectivity index (χ3v) is 3.69. The molecule has 0 rings (SSSR count). The molecule has 86 valence electrons. The summed E-state index contributed by atoms with van der Waals surface area (Å²) in [6, 6.07) is -0.941. The predicted octanol–water partition coefficient (Wildman–Crippen LogP) is 2.41. The first kappa shape index (κ1) is 14.1. The lowest BCUT2D eigenvalue weighted by atomic mass is 10.4. The summed E-state index contributed by atoms with van der Waals surface area (Å²) in [6.07, 6.45) is 1.90. The third kappa shape index (κ3) is 5.11. The van der Waals surface area contributed by atoms with E-state index in [1.807, 2.05) is 6.92 Å². The minimum Gasteiger partial charge on any atom is -0.345 e. The topological polar surface area (TPSA) is 55.8 Å². The van der Waals surface area contributed by atoms with E-state index in [4.69, 9.17) is 9.47 Å². The molecule has 0 aliphatic rings. The van der Waals surface area contributed by atoms with E-state index in [1.165, 1.54) is 0 Å². The number of hydrogen-bond acceptors (Lipinski definition) is 3. The molecule has 0 saturated carbocycles. The van der Waals surface area contributed by atoms with E-state index in [0.717, 1.165) is 12.8 Å². The molecule has 1 N–H and O–H groups in total. The molecule has 0 aliphatic heterocycles. The number of ether oxygens (including phenoxy) is 2. The number of hydrogen-bond donors (Lipinski definition) is 1. The summed E-state index contributed by atoms with van der Waals surface area (Å²) in [5, 5.41) is 0. The van der Waals surface area contributed by atoms with Gasteiger partial charge in [-0.15, -0.1) is 0 Å². The molecule has 0 amide bonds. The van der Waals surface area contributed by atoms with Crippen molar-refractivity contribution in [2.24, 2.45) is 0 Å². The second-order valence-electron chi connectivity index (χ2n) is 3.05. The van der Waals surface area contributed by atoms with E-state index in [2.05, 4.69) is 0 Å². The SMILES string of the molecule is CCCCP(=O)(O)C(OCC)OCC. The van der Waals surface area contributed by atoms with E-state index in [9.17, 15) is 9.46 Å². The van der Waals surface area contributed by atoms with Crippen molar-refractivity contribution in [1.29, 1.82) is 0 Å². The predicted molar refractivity (Wildman–Crippen MR) is 56.6 cm³/mol. The molecule has 1 atom stereocenters. The molecule has 0 aromatic heterocycles. The molecular formula is C9H21O4P. The molecular weight excluding hydrogens is 203 g/mol. The zero-order valence-corrected chi connectivity index (χ0v) is 10.1. The maximum absolute atomic E-state index is 11.8. The van der Waals surface area contributed by atoms with Gasteiger partial charge in [-0.3, -0.25) is 4.57 Å². The van der Waals surface area contributed by atoms with Crippen LogP contribution in [0.3, 0.4) is 0 Å². The monoisotopic (exact) mass is 224 g/mol. The van der Waals surface area contributed by atoms with Crippen LogP contribution in [-0.2, 0) is 14.0 Å². The van der Waals surface area contributed by atoms with E-state index in [1.54, 1.807) is 13.8 Å². The van der Waals surface area contributed by atoms with Crippen LogP contribution in [0.1, 0.15) is 33.6 Å². The fraction of sp³-hybridized carbons (Fsp3) is 1.00. The molecule has 0 saturated heterocycles. The fourth-order valence-electron chi connectivity index (χ4n) is 1.06. The highest BCUT2D eigenvalue weighted by molar-refractivity contribution is 7.58. The van der Waals surface area contributed by atoms with E-state index in [-0.39, 0.29) is 6.16 Å². The first-order chi connectivity index (χ1) is 6.58. The lowest BCUT2D eigenvalue weighted by molar-refractivity contribution is -0.0871. The molecule has 5 heteroatoms. The second kappa shape index (κ2) is 7.41. The van der Waals surface area contributed by atoms with Gasteiger partial charge in [-0.25, -0.2) is 0 Å². The quantitative estimate of drug-likeness (QED) is 0.508. The van der Waals surface area contributed by atoms with Crippen molar-refractivity contribution >= 4 is 7.37 Å². The molecule has 0 aliphatic carbocycles. The summed E-state index contributed by atoms with van der Waals surface area (Å²) in [4.78, 5) is 9.67. The van der Waals surface area contributed by atoms with Gasteiger partial charge < -0.3 is 14.4 Å². The fourth-order valence-corrected chi connectivity index (χ4v) is 2.80. The van der Waals surface area contributed by atoms with Crippen molar-refractivity contribution < 1.29 is 18.9 Å². The molecule has 0 aromatic rings. The van der Waals surface area contributed by atoms with Crippen molar-refractivity contribution in [3.05, 3.63) is 0 Å². The summed E-state index contributed by atoms with van der Waals surface area (Å²) >= 11 is 0. The van der Waals surface area contributed by atoms with Gasteiger partial charge in [0.2, 0.25) is 6.03 Å².